The first-order chi connectivity index (χ1) is 21.0. The van der Waals surface area contributed by atoms with Gasteiger partial charge in [0.2, 0.25) is 11.8 Å². The largest absolute Gasteiger partial charge is 0.507 e. The maximum atomic E-state index is 17.0. The molecule has 4 heterocycles. The number of hydrogen-bond donors (Lipinski definition) is 2. The second-order valence-electron chi connectivity index (χ2n) is 11.0. The number of rotatable bonds is 4. The van der Waals surface area contributed by atoms with Crippen LogP contribution in [0.5, 0.6) is 5.75 Å². The molecule has 2 aliphatic rings. The highest BCUT2D eigenvalue weighted by Crippen LogP contribution is 2.46. The average molecular weight is 605 g/mol. The summed E-state index contributed by atoms with van der Waals surface area (Å²) in [5.41, 5.74) is -2.63. The number of pyridine rings is 1. The lowest BCUT2D eigenvalue weighted by Crippen LogP contribution is -2.58. The number of hydrogen-bond acceptors (Lipinski definition) is 7. The molecule has 10 nitrogen and oxygen atoms in total. The standard InChI is InChI=1S/C31H27F3N6O4/c1-5-19(42)38-11-12-39-17(13-38)30(43)36-26-22-28(24(34)21(23(26)33)20-16(32)7-6-8-18(20)41)40(31(44)37-29(22)39)27-15(4)9-10-35-25(27)14(2)3/h5-10,14,17,41H,1,11-13H2,2-4H3,(H,36,43). The van der Waals surface area contributed by atoms with E-state index >= 15 is 13.2 Å². The summed E-state index contributed by atoms with van der Waals surface area (Å²) in [5.74, 6) is -6.24. The number of phenols is 1. The highest BCUT2D eigenvalue weighted by Gasteiger charge is 2.41. The summed E-state index contributed by atoms with van der Waals surface area (Å²) >= 11 is 0. The predicted molar refractivity (Wildman–Crippen MR) is 157 cm³/mol. The molecule has 6 rings (SSSR count). The van der Waals surface area contributed by atoms with Crippen molar-refractivity contribution in [3.63, 3.8) is 0 Å². The fourth-order valence-electron chi connectivity index (χ4n) is 5.99. The lowest BCUT2D eigenvalue weighted by Gasteiger charge is -2.40. The van der Waals surface area contributed by atoms with Gasteiger partial charge in [0, 0.05) is 19.3 Å². The van der Waals surface area contributed by atoms with Crippen LogP contribution >= 0.6 is 0 Å². The Bertz CT molecular complexity index is 1950. The van der Waals surface area contributed by atoms with E-state index in [4.69, 9.17) is 0 Å². The zero-order valence-corrected chi connectivity index (χ0v) is 24.0. The highest BCUT2D eigenvalue weighted by molar-refractivity contribution is 6.13. The molecular weight excluding hydrogens is 577 g/mol. The summed E-state index contributed by atoms with van der Waals surface area (Å²) in [6, 6.07) is 3.64. The summed E-state index contributed by atoms with van der Waals surface area (Å²) in [6.45, 7) is 8.79. The number of aromatic hydroxyl groups is 1. The zero-order chi connectivity index (χ0) is 31.6. The minimum atomic E-state index is -1.37. The molecule has 1 fully saturated rings. The number of piperazine rings is 1. The SMILES string of the molecule is C=CC(=O)N1CCN2c3nc(=O)n(-c4c(C)ccnc4C(C)C)c4c(F)c(-c5c(O)cccc5F)c(F)c(c34)NC(=O)C2C1. The monoisotopic (exact) mass is 604 g/mol. The molecule has 2 aliphatic heterocycles. The van der Waals surface area contributed by atoms with Crippen LogP contribution in [-0.2, 0) is 9.59 Å². The Labute approximate surface area is 249 Å². The third kappa shape index (κ3) is 4.21. The number of benzene rings is 2. The molecule has 2 aromatic carbocycles. The Morgan fingerprint density at radius 2 is 1.89 bits per heavy atom. The summed E-state index contributed by atoms with van der Waals surface area (Å²) in [5, 5.41) is 12.8. The van der Waals surface area contributed by atoms with Gasteiger partial charge in [0.25, 0.3) is 0 Å². The lowest BCUT2D eigenvalue weighted by molar-refractivity contribution is -0.128. The molecule has 13 heteroatoms. The van der Waals surface area contributed by atoms with Gasteiger partial charge < -0.3 is 20.2 Å². The van der Waals surface area contributed by atoms with Crippen molar-refractivity contribution in [2.75, 3.05) is 29.9 Å². The maximum Gasteiger partial charge on any atom is 0.354 e. The van der Waals surface area contributed by atoms with Crippen molar-refractivity contribution in [3.05, 3.63) is 82.3 Å². The van der Waals surface area contributed by atoms with Crippen molar-refractivity contribution in [2.24, 2.45) is 0 Å². The molecule has 226 valence electrons. The van der Waals surface area contributed by atoms with Gasteiger partial charge in [-0.25, -0.2) is 18.0 Å². The number of carbonyl (C=O) groups excluding carboxylic acids is 2. The molecule has 1 atom stereocenters. The summed E-state index contributed by atoms with van der Waals surface area (Å²) in [4.78, 5) is 51.5. The van der Waals surface area contributed by atoms with E-state index in [-0.39, 0.29) is 42.4 Å². The van der Waals surface area contributed by atoms with Gasteiger partial charge in [0.05, 0.1) is 40.1 Å². The molecule has 2 aromatic heterocycles. The van der Waals surface area contributed by atoms with Crippen LogP contribution in [0.2, 0.25) is 0 Å². The normalized spacial score (nSPS) is 16.2. The summed E-state index contributed by atoms with van der Waals surface area (Å²) in [7, 11) is 0. The van der Waals surface area contributed by atoms with Crippen LogP contribution in [-0.4, -0.2) is 62.0 Å². The van der Waals surface area contributed by atoms with Gasteiger partial charge in [-0.3, -0.25) is 19.1 Å². The number of nitrogens with one attached hydrogen (secondary N) is 1. The number of nitrogens with zero attached hydrogens (tertiary/aromatic N) is 5. The van der Waals surface area contributed by atoms with E-state index in [1.54, 1.807) is 13.0 Å². The topological polar surface area (TPSA) is 121 Å². The van der Waals surface area contributed by atoms with Crippen LogP contribution in [0.3, 0.4) is 0 Å². The third-order valence-corrected chi connectivity index (χ3v) is 8.05. The second-order valence-corrected chi connectivity index (χ2v) is 11.0. The van der Waals surface area contributed by atoms with Crippen molar-refractivity contribution >= 4 is 34.2 Å². The van der Waals surface area contributed by atoms with Crippen LogP contribution in [0, 0.1) is 24.4 Å². The Balaban J connectivity index is 1.79. The van der Waals surface area contributed by atoms with Gasteiger partial charge in [-0.1, -0.05) is 26.5 Å². The molecule has 1 saturated heterocycles. The van der Waals surface area contributed by atoms with E-state index in [0.717, 1.165) is 22.8 Å². The van der Waals surface area contributed by atoms with Gasteiger partial charge in [-0.15, -0.1) is 0 Å². The maximum absolute atomic E-state index is 17.0. The molecular formula is C31H27F3N6O4. The number of aryl methyl sites for hydroxylation is 1. The Kier molecular flexibility index (Phi) is 6.90. The van der Waals surface area contributed by atoms with E-state index < -0.39 is 69.1 Å². The molecule has 0 saturated carbocycles. The number of aromatic nitrogens is 3. The van der Waals surface area contributed by atoms with Gasteiger partial charge in [0.15, 0.2) is 11.6 Å². The van der Waals surface area contributed by atoms with E-state index in [2.05, 4.69) is 21.9 Å². The van der Waals surface area contributed by atoms with Gasteiger partial charge in [0.1, 0.15) is 28.9 Å². The first-order valence-corrected chi connectivity index (χ1v) is 13.9. The first-order valence-electron chi connectivity index (χ1n) is 13.9. The Morgan fingerprint density at radius 3 is 2.57 bits per heavy atom. The Morgan fingerprint density at radius 1 is 1.14 bits per heavy atom. The van der Waals surface area contributed by atoms with Gasteiger partial charge in [-0.2, -0.15) is 4.98 Å². The second kappa shape index (κ2) is 10.5. The van der Waals surface area contributed by atoms with Crippen LogP contribution in [0.4, 0.5) is 24.7 Å². The first kappa shape index (κ1) is 28.9. The highest BCUT2D eigenvalue weighted by atomic mass is 19.1. The van der Waals surface area contributed by atoms with Crippen LogP contribution in [0.15, 0.2) is 47.9 Å². The number of carbonyl (C=O) groups is 2. The third-order valence-electron chi connectivity index (χ3n) is 8.05. The van der Waals surface area contributed by atoms with Gasteiger partial charge in [-0.05, 0) is 42.7 Å². The Hall–Kier alpha value is -5.20. The molecule has 44 heavy (non-hydrogen) atoms. The molecule has 2 amide bonds. The molecule has 0 spiro atoms. The smallest absolute Gasteiger partial charge is 0.354 e. The van der Waals surface area contributed by atoms with Crippen molar-refractivity contribution in [2.45, 2.75) is 32.7 Å². The molecule has 0 aliphatic carbocycles. The van der Waals surface area contributed by atoms with Crippen molar-refractivity contribution < 1.29 is 27.9 Å². The van der Waals surface area contributed by atoms with Crippen molar-refractivity contribution in [1.82, 2.24) is 19.4 Å². The van der Waals surface area contributed by atoms with E-state index in [1.165, 1.54) is 22.1 Å². The number of halogens is 3. The van der Waals surface area contributed by atoms with Gasteiger partial charge >= 0.3 is 5.69 Å². The molecule has 0 bridgehead atoms. The molecule has 2 N–H and O–H groups in total. The number of fused-ring (bicyclic) bond motifs is 2. The molecule has 0 radical (unpaired) electrons. The van der Waals surface area contributed by atoms with Crippen molar-refractivity contribution in [3.8, 4) is 22.6 Å². The van der Waals surface area contributed by atoms with Crippen LogP contribution in [0.25, 0.3) is 27.7 Å². The zero-order valence-electron chi connectivity index (χ0n) is 24.0. The number of phenolic OH excluding ortho intramolecular Hbond substituents is 1. The minimum absolute atomic E-state index is 0.00488. The fraction of sp³-hybridized carbons (Fsp3) is 0.258. The summed E-state index contributed by atoms with van der Waals surface area (Å²) < 4.78 is 49.8. The van der Waals surface area contributed by atoms with E-state index in [0.29, 0.717) is 11.3 Å². The van der Waals surface area contributed by atoms with E-state index in [9.17, 15) is 19.5 Å². The minimum Gasteiger partial charge on any atom is -0.507 e. The fourth-order valence-corrected chi connectivity index (χ4v) is 5.99. The van der Waals surface area contributed by atoms with Crippen LogP contribution < -0.4 is 15.9 Å². The quantitative estimate of drug-likeness (QED) is 0.336. The average Bonchev–Trinajstić information content (AvgIpc) is 3.11. The lowest BCUT2D eigenvalue weighted by atomic mass is 9.97. The predicted octanol–water partition coefficient (Wildman–Crippen LogP) is 4.16. The summed E-state index contributed by atoms with van der Waals surface area (Å²) in [6.07, 6.45) is 2.64. The number of amides is 2. The molecule has 1 unspecified atom stereocenters. The van der Waals surface area contributed by atoms with Crippen LogP contribution in [0.1, 0.15) is 31.0 Å². The van der Waals surface area contributed by atoms with Crippen molar-refractivity contribution in [1.29, 1.82) is 0 Å². The molecule has 4 aromatic rings. The van der Waals surface area contributed by atoms with E-state index in [1.807, 2.05) is 13.8 Å². The number of anilines is 2.